The molecule has 0 unspecified atom stereocenters. The first kappa shape index (κ1) is 23.7. The maximum atomic E-state index is 10.9. The molecule has 9 nitrogen and oxygen atoms in total. The van der Waals surface area contributed by atoms with Gasteiger partial charge in [-0.1, -0.05) is 0 Å². The van der Waals surface area contributed by atoms with E-state index in [-0.39, 0.29) is 24.9 Å². The monoisotopic (exact) mass is 355 g/mol. The van der Waals surface area contributed by atoms with Crippen LogP contribution >= 0.6 is 12.4 Å². The third-order valence-corrected chi connectivity index (χ3v) is 2.32. The first-order valence-electron chi connectivity index (χ1n) is 6.90. The van der Waals surface area contributed by atoms with E-state index in [0.717, 1.165) is 0 Å². The summed E-state index contributed by atoms with van der Waals surface area (Å²) in [5.41, 5.74) is 4.58. The smallest absolute Gasteiger partial charge is 0.408 e. The molecular formula is C13H26ClN3O6. The van der Waals surface area contributed by atoms with Crippen LogP contribution < -0.4 is 11.1 Å². The lowest BCUT2D eigenvalue weighted by Crippen LogP contribution is -2.43. The Labute approximate surface area is 141 Å². The van der Waals surface area contributed by atoms with Crippen LogP contribution in [0.3, 0.4) is 0 Å². The first-order chi connectivity index (χ1) is 10.2. The Balaban J connectivity index is 0. The van der Waals surface area contributed by atoms with Crippen molar-refractivity contribution in [1.29, 1.82) is 0 Å². The molecule has 4 N–H and O–H groups in total. The highest BCUT2D eigenvalue weighted by Crippen LogP contribution is 2.05. The predicted octanol–water partition coefficient (Wildman–Crippen LogP) is -0.179. The topological polar surface area (TPSA) is 131 Å². The molecule has 136 valence electrons. The van der Waals surface area contributed by atoms with Gasteiger partial charge < -0.3 is 30.5 Å². The van der Waals surface area contributed by atoms with Gasteiger partial charge in [0.05, 0.1) is 19.8 Å². The van der Waals surface area contributed by atoms with Crippen LogP contribution in [0.5, 0.6) is 0 Å². The summed E-state index contributed by atoms with van der Waals surface area (Å²) in [5.74, 6) is -1.08. The summed E-state index contributed by atoms with van der Waals surface area (Å²) in [4.78, 5) is 33.4. The minimum Gasteiger partial charge on any atom is -0.480 e. The molecule has 1 fully saturated rings. The minimum absolute atomic E-state index is 0. The zero-order valence-corrected chi connectivity index (χ0v) is 14.5. The summed E-state index contributed by atoms with van der Waals surface area (Å²) >= 11 is 0. The molecule has 2 amide bonds. The van der Waals surface area contributed by atoms with Crippen molar-refractivity contribution < 1.29 is 29.0 Å². The predicted molar refractivity (Wildman–Crippen MR) is 85.6 cm³/mol. The number of hydrogen-bond donors (Lipinski definition) is 3. The number of morpholine rings is 1. The number of carbonyl (C=O) groups excluding carboxylic acids is 2. The molecule has 1 saturated heterocycles. The second kappa shape index (κ2) is 11.9. The van der Waals surface area contributed by atoms with Crippen LogP contribution in [0.25, 0.3) is 0 Å². The Kier molecular flexibility index (Phi) is 12.3. The number of halogens is 1. The van der Waals surface area contributed by atoms with E-state index in [2.05, 4.69) is 5.32 Å². The average molecular weight is 356 g/mol. The van der Waals surface area contributed by atoms with Crippen molar-refractivity contribution in [3.63, 3.8) is 0 Å². The Bertz CT molecular complexity index is 380. The third kappa shape index (κ3) is 13.8. The number of carbonyl (C=O) groups is 3. The molecule has 1 rings (SSSR count). The van der Waals surface area contributed by atoms with Crippen LogP contribution in [0.4, 0.5) is 4.79 Å². The standard InChI is InChI=1S/C7H13NO4.C6H12N2O2.ClH/c1-7(2,3)12-6(11)8-4-5(9)10;7-5-6(9)8-1-3-10-4-2-8;/h4H2,1-3H3,(H,8,11)(H,9,10);1-5,7H2;1H. The molecule has 1 aliphatic heterocycles. The van der Waals surface area contributed by atoms with Crippen molar-refractivity contribution in [1.82, 2.24) is 10.2 Å². The fourth-order valence-electron chi connectivity index (χ4n) is 1.40. The molecule has 23 heavy (non-hydrogen) atoms. The van der Waals surface area contributed by atoms with Crippen LogP contribution in [-0.4, -0.2) is 73.0 Å². The molecule has 0 aromatic carbocycles. The van der Waals surface area contributed by atoms with Gasteiger partial charge in [0.1, 0.15) is 12.1 Å². The van der Waals surface area contributed by atoms with Gasteiger partial charge in [-0.25, -0.2) is 4.79 Å². The number of nitrogens with one attached hydrogen (secondary N) is 1. The number of rotatable bonds is 3. The minimum atomic E-state index is -1.10. The first-order valence-corrected chi connectivity index (χ1v) is 6.90. The largest absolute Gasteiger partial charge is 0.480 e. The van der Waals surface area contributed by atoms with Crippen molar-refractivity contribution in [2.75, 3.05) is 39.4 Å². The summed E-state index contributed by atoms with van der Waals surface area (Å²) in [5, 5.41) is 10.3. The number of alkyl carbamates (subject to hydrolysis) is 1. The van der Waals surface area contributed by atoms with Gasteiger partial charge in [0.25, 0.3) is 0 Å². The summed E-state index contributed by atoms with van der Waals surface area (Å²) < 4.78 is 9.83. The molecule has 0 atom stereocenters. The second-order valence-corrected chi connectivity index (χ2v) is 5.45. The number of hydrogen-bond acceptors (Lipinski definition) is 6. The van der Waals surface area contributed by atoms with Gasteiger partial charge in [0.2, 0.25) is 5.91 Å². The highest BCUT2D eigenvalue weighted by molar-refractivity contribution is 5.85. The van der Waals surface area contributed by atoms with Gasteiger partial charge in [-0.3, -0.25) is 9.59 Å². The molecule has 0 radical (unpaired) electrons. The lowest BCUT2D eigenvalue weighted by atomic mass is 10.2. The van der Waals surface area contributed by atoms with Crippen LogP contribution in [-0.2, 0) is 19.1 Å². The molecule has 10 heteroatoms. The summed E-state index contributed by atoms with van der Waals surface area (Å²) in [6.07, 6.45) is -0.718. The van der Waals surface area contributed by atoms with Crippen LogP contribution in [0.15, 0.2) is 0 Å². The second-order valence-electron chi connectivity index (χ2n) is 5.45. The van der Waals surface area contributed by atoms with Gasteiger partial charge in [0.15, 0.2) is 0 Å². The van der Waals surface area contributed by atoms with Gasteiger partial charge in [0, 0.05) is 13.1 Å². The fourth-order valence-corrected chi connectivity index (χ4v) is 1.40. The normalized spacial score (nSPS) is 13.8. The van der Waals surface area contributed by atoms with Crippen LogP contribution in [0, 0.1) is 0 Å². The zero-order valence-electron chi connectivity index (χ0n) is 13.7. The van der Waals surface area contributed by atoms with Crippen molar-refractivity contribution >= 4 is 30.4 Å². The maximum absolute atomic E-state index is 10.9. The number of aliphatic carboxylic acids is 1. The molecule has 0 saturated carbocycles. The summed E-state index contributed by atoms with van der Waals surface area (Å²) in [6.45, 7) is 7.46. The Morgan fingerprint density at radius 3 is 2.17 bits per heavy atom. The average Bonchev–Trinajstić information content (AvgIpc) is 2.44. The summed E-state index contributed by atoms with van der Waals surface area (Å²) in [7, 11) is 0. The quantitative estimate of drug-likeness (QED) is 0.640. The molecule has 0 spiro atoms. The van der Waals surface area contributed by atoms with Gasteiger partial charge >= 0.3 is 12.1 Å². The maximum Gasteiger partial charge on any atom is 0.408 e. The van der Waals surface area contributed by atoms with E-state index < -0.39 is 24.2 Å². The van der Waals surface area contributed by atoms with Crippen molar-refractivity contribution in [2.45, 2.75) is 26.4 Å². The molecule has 0 aromatic heterocycles. The van der Waals surface area contributed by atoms with E-state index in [1.807, 2.05) is 0 Å². The SMILES string of the molecule is CC(C)(C)OC(=O)NCC(=O)O.Cl.NCC(=O)N1CCOCC1. The Morgan fingerprint density at radius 2 is 1.78 bits per heavy atom. The van der Waals surface area contributed by atoms with E-state index in [4.69, 9.17) is 20.3 Å². The highest BCUT2D eigenvalue weighted by Gasteiger charge is 2.16. The molecule has 0 bridgehead atoms. The molecule has 0 aromatic rings. The summed E-state index contributed by atoms with van der Waals surface area (Å²) in [6, 6.07) is 0. The zero-order chi connectivity index (χ0) is 17.2. The van der Waals surface area contributed by atoms with E-state index in [0.29, 0.717) is 26.3 Å². The lowest BCUT2D eigenvalue weighted by Gasteiger charge is -2.26. The number of nitrogens with zero attached hydrogens (tertiary/aromatic N) is 1. The number of carboxylic acid groups (broad SMARTS) is 1. The van der Waals surface area contributed by atoms with E-state index >= 15 is 0 Å². The van der Waals surface area contributed by atoms with Gasteiger partial charge in [-0.15, -0.1) is 12.4 Å². The van der Waals surface area contributed by atoms with Crippen molar-refractivity contribution in [3.05, 3.63) is 0 Å². The number of nitrogens with two attached hydrogens (primary N) is 1. The van der Waals surface area contributed by atoms with Gasteiger partial charge in [-0.2, -0.15) is 0 Å². The van der Waals surface area contributed by atoms with Crippen LogP contribution in [0.2, 0.25) is 0 Å². The lowest BCUT2D eigenvalue weighted by molar-refractivity contribution is -0.136. The number of carboxylic acids is 1. The Hall–Kier alpha value is -1.58. The fraction of sp³-hybridized carbons (Fsp3) is 0.769. The molecule has 1 aliphatic rings. The molecule has 1 heterocycles. The molecular weight excluding hydrogens is 330 g/mol. The van der Waals surface area contributed by atoms with Crippen molar-refractivity contribution in [2.24, 2.45) is 5.73 Å². The number of amides is 2. The Morgan fingerprint density at radius 1 is 1.26 bits per heavy atom. The van der Waals surface area contributed by atoms with E-state index in [1.165, 1.54) is 0 Å². The van der Waals surface area contributed by atoms with Crippen LogP contribution in [0.1, 0.15) is 20.8 Å². The van der Waals surface area contributed by atoms with Gasteiger partial charge in [-0.05, 0) is 20.8 Å². The highest BCUT2D eigenvalue weighted by atomic mass is 35.5. The number of ether oxygens (including phenoxy) is 2. The van der Waals surface area contributed by atoms with Crippen molar-refractivity contribution in [3.8, 4) is 0 Å². The van der Waals surface area contributed by atoms with E-state index in [1.54, 1.807) is 25.7 Å². The third-order valence-electron chi connectivity index (χ3n) is 2.32. The van der Waals surface area contributed by atoms with E-state index in [9.17, 15) is 14.4 Å². The molecule has 0 aliphatic carbocycles.